The molecule has 47 heavy (non-hydrogen) atoms. The number of para-hydroxylation sites is 2. The highest BCUT2D eigenvalue weighted by Gasteiger charge is 2.19. The molecule has 0 aliphatic rings. The van der Waals surface area contributed by atoms with Crippen LogP contribution in [-0.2, 0) is 0 Å². The van der Waals surface area contributed by atoms with Crippen molar-refractivity contribution in [3.05, 3.63) is 151 Å². The van der Waals surface area contributed by atoms with E-state index in [-0.39, 0.29) is 0 Å². The van der Waals surface area contributed by atoms with Gasteiger partial charge in [0.2, 0.25) is 0 Å². The summed E-state index contributed by atoms with van der Waals surface area (Å²) >= 11 is 1.85. The Hall–Kier alpha value is -6.15. The van der Waals surface area contributed by atoms with Crippen LogP contribution in [0.4, 0.5) is 0 Å². The van der Waals surface area contributed by atoms with Crippen molar-refractivity contribution in [1.29, 1.82) is 5.26 Å². The van der Waals surface area contributed by atoms with E-state index in [2.05, 4.69) is 132 Å². The summed E-state index contributed by atoms with van der Waals surface area (Å²) in [7, 11) is 0. The Bertz CT molecular complexity index is 2920. The van der Waals surface area contributed by atoms with E-state index in [1.807, 2.05) is 35.6 Å². The number of benzene rings is 7. The third-order valence-corrected chi connectivity index (χ3v) is 10.7. The zero-order valence-electron chi connectivity index (χ0n) is 25.1. The number of nitriles is 1. The van der Waals surface area contributed by atoms with Crippen molar-refractivity contribution in [3.63, 3.8) is 0 Å². The molecule has 10 aromatic rings. The van der Waals surface area contributed by atoms with Crippen LogP contribution in [0, 0.1) is 11.3 Å². The molecule has 0 N–H and O–H groups in total. The molecule has 0 aliphatic heterocycles. The summed E-state index contributed by atoms with van der Waals surface area (Å²) in [6, 6.07) is 53.7. The highest BCUT2D eigenvalue weighted by atomic mass is 32.1. The largest absolute Gasteiger partial charge is 0.456 e. The number of furan rings is 1. The topological polar surface area (TPSA) is 41.9 Å². The van der Waals surface area contributed by atoms with Crippen LogP contribution >= 0.6 is 11.3 Å². The van der Waals surface area contributed by atoms with Gasteiger partial charge in [0.25, 0.3) is 0 Å². The van der Waals surface area contributed by atoms with Gasteiger partial charge in [0, 0.05) is 42.6 Å². The Labute approximate surface area is 273 Å². The average molecular weight is 617 g/mol. The Balaban J connectivity index is 1.27. The number of fused-ring (bicyclic) bond motifs is 9. The lowest BCUT2D eigenvalue weighted by Crippen LogP contribution is -1.93. The Morgan fingerprint density at radius 3 is 2.15 bits per heavy atom. The quantitative estimate of drug-likeness (QED) is 0.198. The number of rotatable bonds is 3. The Morgan fingerprint density at radius 2 is 1.26 bits per heavy atom. The molecular formula is C43H24N2OS. The Morgan fingerprint density at radius 1 is 0.489 bits per heavy atom. The zero-order chi connectivity index (χ0) is 31.1. The molecule has 0 atom stereocenters. The van der Waals surface area contributed by atoms with Crippen LogP contribution in [0.25, 0.3) is 91.9 Å². The predicted molar refractivity (Wildman–Crippen MR) is 197 cm³/mol. The lowest BCUT2D eigenvalue weighted by Gasteiger charge is -2.09. The van der Waals surface area contributed by atoms with E-state index in [4.69, 9.17) is 4.42 Å². The van der Waals surface area contributed by atoms with Gasteiger partial charge in [0.05, 0.1) is 33.1 Å². The maximum absolute atomic E-state index is 9.66. The molecule has 10 rings (SSSR count). The fourth-order valence-electron chi connectivity index (χ4n) is 7.27. The van der Waals surface area contributed by atoms with Gasteiger partial charge in [0.15, 0.2) is 0 Å². The monoisotopic (exact) mass is 616 g/mol. The van der Waals surface area contributed by atoms with Gasteiger partial charge in [-0.05, 0) is 77.4 Å². The minimum atomic E-state index is 0.668. The summed E-state index contributed by atoms with van der Waals surface area (Å²) in [5, 5.41) is 16.6. The van der Waals surface area contributed by atoms with Gasteiger partial charge in [-0.1, -0.05) is 84.9 Å². The maximum Gasteiger partial charge on any atom is 0.136 e. The second-order valence-corrected chi connectivity index (χ2v) is 13.0. The van der Waals surface area contributed by atoms with E-state index in [1.165, 1.54) is 31.3 Å². The lowest BCUT2D eigenvalue weighted by atomic mass is 9.95. The molecule has 0 aliphatic carbocycles. The van der Waals surface area contributed by atoms with Crippen LogP contribution in [0.3, 0.4) is 0 Å². The number of thiophene rings is 1. The molecule has 3 nitrogen and oxygen atoms in total. The first-order chi connectivity index (χ1) is 23.2. The molecule has 0 saturated carbocycles. The van der Waals surface area contributed by atoms with E-state index in [1.54, 1.807) is 0 Å². The molecular weight excluding hydrogens is 593 g/mol. The summed E-state index contributed by atoms with van der Waals surface area (Å²) in [6.07, 6.45) is 0. The third kappa shape index (κ3) is 3.85. The van der Waals surface area contributed by atoms with Crippen LogP contribution in [0.1, 0.15) is 5.56 Å². The van der Waals surface area contributed by atoms with Crippen molar-refractivity contribution in [3.8, 4) is 34.0 Å². The van der Waals surface area contributed by atoms with Gasteiger partial charge < -0.3 is 8.98 Å². The fourth-order valence-corrected chi connectivity index (χ4v) is 8.59. The van der Waals surface area contributed by atoms with E-state index in [0.29, 0.717) is 5.56 Å². The molecule has 0 amide bonds. The van der Waals surface area contributed by atoms with E-state index in [9.17, 15) is 5.26 Å². The van der Waals surface area contributed by atoms with Crippen LogP contribution in [0.15, 0.2) is 150 Å². The van der Waals surface area contributed by atoms with Crippen molar-refractivity contribution in [2.24, 2.45) is 0 Å². The smallest absolute Gasteiger partial charge is 0.136 e. The van der Waals surface area contributed by atoms with Gasteiger partial charge in [-0.25, -0.2) is 0 Å². The van der Waals surface area contributed by atoms with E-state index < -0.39 is 0 Å². The molecule has 0 spiro atoms. The van der Waals surface area contributed by atoms with Crippen molar-refractivity contribution in [1.82, 2.24) is 4.57 Å². The van der Waals surface area contributed by atoms with Gasteiger partial charge >= 0.3 is 0 Å². The first kappa shape index (κ1) is 26.1. The summed E-state index contributed by atoms with van der Waals surface area (Å²) in [6.45, 7) is 0. The van der Waals surface area contributed by atoms with E-state index >= 15 is 0 Å². The molecule has 3 aromatic heterocycles. The van der Waals surface area contributed by atoms with Gasteiger partial charge in [0.1, 0.15) is 11.2 Å². The van der Waals surface area contributed by atoms with Gasteiger partial charge in [-0.2, -0.15) is 5.26 Å². The number of aromatic nitrogens is 1. The van der Waals surface area contributed by atoms with Gasteiger partial charge in [-0.15, -0.1) is 11.3 Å². The zero-order valence-corrected chi connectivity index (χ0v) is 25.9. The summed E-state index contributed by atoms with van der Waals surface area (Å²) in [5.74, 6) is 0. The second-order valence-electron chi connectivity index (χ2n) is 12.0. The van der Waals surface area contributed by atoms with Crippen LogP contribution in [0.2, 0.25) is 0 Å². The molecule has 0 radical (unpaired) electrons. The van der Waals surface area contributed by atoms with Crippen molar-refractivity contribution < 1.29 is 4.42 Å². The minimum absolute atomic E-state index is 0.668. The molecule has 218 valence electrons. The number of hydrogen-bond acceptors (Lipinski definition) is 3. The summed E-state index contributed by atoms with van der Waals surface area (Å²) < 4.78 is 11.2. The third-order valence-electron chi connectivity index (χ3n) is 9.42. The summed E-state index contributed by atoms with van der Waals surface area (Å²) in [5.41, 5.74) is 10.5. The van der Waals surface area contributed by atoms with Gasteiger partial charge in [-0.3, -0.25) is 0 Å². The average Bonchev–Trinajstić information content (AvgIpc) is 3.80. The summed E-state index contributed by atoms with van der Waals surface area (Å²) in [4.78, 5) is 0. The minimum Gasteiger partial charge on any atom is -0.456 e. The first-order valence-electron chi connectivity index (χ1n) is 15.7. The SMILES string of the molecule is N#Cc1ccc2c(c1)c1ccccc1n2-c1cccc2c1sc1c(-c3ccccc3)cc(-c3ccc4c(c3)oc3ccccc34)cc12. The molecule has 0 bridgehead atoms. The second kappa shape index (κ2) is 9.92. The standard InChI is InChI=1S/C43H24N2OS/c44-25-26-17-20-38-35(21-26)30-11-4-6-14-37(30)45(38)39-15-8-13-33-36-23-29(22-34(42(36)47-43(33)39)27-9-2-1-3-10-27)28-18-19-32-31-12-5-7-16-40(31)46-41(32)24-28/h1-24H. The molecule has 0 fully saturated rings. The molecule has 3 heterocycles. The lowest BCUT2D eigenvalue weighted by molar-refractivity contribution is 0.669. The van der Waals surface area contributed by atoms with Crippen LogP contribution in [0.5, 0.6) is 0 Å². The van der Waals surface area contributed by atoms with Crippen molar-refractivity contribution in [2.45, 2.75) is 0 Å². The van der Waals surface area contributed by atoms with Crippen molar-refractivity contribution >= 4 is 75.3 Å². The van der Waals surface area contributed by atoms with E-state index in [0.717, 1.165) is 60.6 Å². The highest BCUT2D eigenvalue weighted by molar-refractivity contribution is 7.26. The Kier molecular flexibility index (Phi) is 5.51. The van der Waals surface area contributed by atoms with Crippen molar-refractivity contribution in [2.75, 3.05) is 0 Å². The molecule has 0 saturated heterocycles. The van der Waals surface area contributed by atoms with Crippen LogP contribution < -0.4 is 0 Å². The maximum atomic E-state index is 9.66. The molecule has 4 heteroatoms. The number of nitrogens with zero attached hydrogens (tertiary/aromatic N) is 2. The molecule has 0 unspecified atom stereocenters. The highest BCUT2D eigenvalue weighted by Crippen LogP contribution is 2.46. The molecule has 7 aromatic carbocycles. The normalized spacial score (nSPS) is 11.8. The first-order valence-corrected chi connectivity index (χ1v) is 16.5. The predicted octanol–water partition coefficient (Wildman–Crippen LogP) is 12.3. The van der Waals surface area contributed by atoms with Crippen LogP contribution in [-0.4, -0.2) is 4.57 Å². The number of hydrogen-bond donors (Lipinski definition) is 0. The fraction of sp³-hybridized carbons (Fsp3) is 0.